The van der Waals surface area contributed by atoms with Crippen LogP contribution in [0.5, 0.6) is 0 Å². The molecule has 1 amide bonds. The predicted molar refractivity (Wildman–Crippen MR) is 78.4 cm³/mol. The van der Waals surface area contributed by atoms with Gasteiger partial charge in [0.15, 0.2) is 0 Å². The Morgan fingerprint density at radius 1 is 1.40 bits per heavy atom. The number of rotatable bonds is 5. The standard InChI is InChI=1S/C14H18N4O2/c1-9(20-2)7-17-14(19)12-8-16-13(18-15)11-6-4-3-5-10(11)12/h3-6,8-9H,7,15H2,1-2H3,(H,16,18)(H,17,19). The number of methoxy groups -OCH3 is 1. The zero-order valence-corrected chi connectivity index (χ0v) is 11.5. The van der Waals surface area contributed by atoms with E-state index in [0.29, 0.717) is 17.9 Å². The highest BCUT2D eigenvalue weighted by Crippen LogP contribution is 2.23. The van der Waals surface area contributed by atoms with Crippen LogP contribution in [0.4, 0.5) is 5.82 Å². The average Bonchev–Trinajstić information content (AvgIpc) is 2.51. The van der Waals surface area contributed by atoms with Crippen molar-refractivity contribution in [2.24, 2.45) is 5.84 Å². The van der Waals surface area contributed by atoms with Crippen molar-refractivity contribution in [1.82, 2.24) is 10.3 Å². The third kappa shape index (κ3) is 2.87. The van der Waals surface area contributed by atoms with Gasteiger partial charge in [-0.05, 0) is 12.3 Å². The second-order valence-corrected chi connectivity index (χ2v) is 4.47. The normalized spacial score (nSPS) is 12.2. The molecule has 0 saturated heterocycles. The second kappa shape index (κ2) is 6.31. The summed E-state index contributed by atoms with van der Waals surface area (Å²) in [5.41, 5.74) is 3.05. The third-order valence-corrected chi connectivity index (χ3v) is 3.13. The minimum atomic E-state index is -0.179. The molecule has 0 bridgehead atoms. The molecule has 6 heteroatoms. The number of hydrazine groups is 1. The minimum Gasteiger partial charge on any atom is -0.380 e. The summed E-state index contributed by atoms with van der Waals surface area (Å²) in [6.07, 6.45) is 1.48. The van der Waals surface area contributed by atoms with Crippen molar-refractivity contribution in [2.45, 2.75) is 13.0 Å². The van der Waals surface area contributed by atoms with Crippen LogP contribution in [0.25, 0.3) is 10.8 Å². The fourth-order valence-corrected chi connectivity index (χ4v) is 1.90. The maximum Gasteiger partial charge on any atom is 0.253 e. The van der Waals surface area contributed by atoms with E-state index in [1.807, 2.05) is 31.2 Å². The molecular formula is C14H18N4O2. The minimum absolute atomic E-state index is 0.0387. The van der Waals surface area contributed by atoms with E-state index in [1.165, 1.54) is 6.20 Å². The van der Waals surface area contributed by atoms with Gasteiger partial charge in [-0.2, -0.15) is 0 Å². The summed E-state index contributed by atoms with van der Waals surface area (Å²) in [6.45, 7) is 2.33. The van der Waals surface area contributed by atoms with E-state index in [0.717, 1.165) is 10.8 Å². The number of benzene rings is 1. The summed E-state index contributed by atoms with van der Waals surface area (Å²) in [5, 5.41) is 4.44. The van der Waals surface area contributed by atoms with Gasteiger partial charge in [0, 0.05) is 25.2 Å². The van der Waals surface area contributed by atoms with Gasteiger partial charge in [0.2, 0.25) is 0 Å². The number of nitrogens with zero attached hydrogens (tertiary/aromatic N) is 1. The van der Waals surface area contributed by atoms with Gasteiger partial charge in [-0.1, -0.05) is 24.3 Å². The van der Waals surface area contributed by atoms with E-state index < -0.39 is 0 Å². The van der Waals surface area contributed by atoms with Gasteiger partial charge in [0.25, 0.3) is 5.91 Å². The van der Waals surface area contributed by atoms with Crippen LogP contribution in [-0.4, -0.2) is 30.6 Å². The lowest BCUT2D eigenvalue weighted by Crippen LogP contribution is -2.31. The lowest BCUT2D eigenvalue weighted by Gasteiger charge is -2.13. The van der Waals surface area contributed by atoms with Crippen molar-refractivity contribution in [3.05, 3.63) is 36.0 Å². The van der Waals surface area contributed by atoms with Crippen LogP contribution in [0, 0.1) is 0 Å². The summed E-state index contributed by atoms with van der Waals surface area (Å²) >= 11 is 0. The second-order valence-electron chi connectivity index (χ2n) is 4.47. The van der Waals surface area contributed by atoms with Crippen molar-refractivity contribution in [3.8, 4) is 0 Å². The zero-order chi connectivity index (χ0) is 14.5. The first-order chi connectivity index (χ1) is 9.67. The number of aromatic nitrogens is 1. The lowest BCUT2D eigenvalue weighted by molar-refractivity contribution is 0.0871. The Hall–Kier alpha value is -2.18. The highest BCUT2D eigenvalue weighted by molar-refractivity contribution is 6.09. The highest BCUT2D eigenvalue weighted by Gasteiger charge is 2.13. The third-order valence-electron chi connectivity index (χ3n) is 3.13. The Kier molecular flexibility index (Phi) is 4.49. The maximum atomic E-state index is 12.2. The van der Waals surface area contributed by atoms with E-state index in [1.54, 1.807) is 7.11 Å². The molecule has 0 aliphatic heterocycles. The Labute approximate surface area is 117 Å². The fraction of sp³-hybridized carbons (Fsp3) is 0.286. The van der Waals surface area contributed by atoms with Crippen molar-refractivity contribution >= 4 is 22.5 Å². The van der Waals surface area contributed by atoms with Crippen LogP contribution in [0.15, 0.2) is 30.5 Å². The van der Waals surface area contributed by atoms with E-state index in [4.69, 9.17) is 10.6 Å². The smallest absolute Gasteiger partial charge is 0.253 e. The molecule has 0 aliphatic rings. The molecule has 0 aliphatic carbocycles. The summed E-state index contributed by atoms with van der Waals surface area (Å²) in [6, 6.07) is 7.48. The van der Waals surface area contributed by atoms with Gasteiger partial charge in [0.05, 0.1) is 11.7 Å². The first-order valence-corrected chi connectivity index (χ1v) is 6.32. The van der Waals surface area contributed by atoms with Gasteiger partial charge in [-0.25, -0.2) is 10.8 Å². The Morgan fingerprint density at radius 2 is 2.10 bits per heavy atom. The number of amides is 1. The number of carbonyl (C=O) groups excluding carboxylic acids is 1. The monoisotopic (exact) mass is 274 g/mol. The van der Waals surface area contributed by atoms with Crippen LogP contribution in [0.1, 0.15) is 17.3 Å². The maximum absolute atomic E-state index is 12.2. The van der Waals surface area contributed by atoms with Crippen LogP contribution in [0.3, 0.4) is 0 Å². The van der Waals surface area contributed by atoms with Gasteiger partial charge in [-0.3, -0.25) is 4.79 Å². The molecule has 1 aromatic carbocycles. The molecule has 1 aromatic heterocycles. The van der Waals surface area contributed by atoms with Crippen LogP contribution >= 0.6 is 0 Å². The number of hydrogen-bond donors (Lipinski definition) is 3. The number of fused-ring (bicyclic) bond motifs is 1. The largest absolute Gasteiger partial charge is 0.380 e. The number of nitrogens with two attached hydrogens (primary N) is 1. The number of ether oxygens (including phenoxy) is 1. The fourth-order valence-electron chi connectivity index (χ4n) is 1.90. The molecule has 4 N–H and O–H groups in total. The topological polar surface area (TPSA) is 89.3 Å². The molecule has 0 spiro atoms. The Balaban J connectivity index is 2.33. The SMILES string of the molecule is COC(C)CNC(=O)c1cnc(NN)c2ccccc12. The molecule has 0 fully saturated rings. The van der Waals surface area contributed by atoms with Gasteiger partial charge in [0.1, 0.15) is 5.82 Å². The van der Waals surface area contributed by atoms with Crippen molar-refractivity contribution in [3.63, 3.8) is 0 Å². The number of nitrogen functional groups attached to an aromatic ring is 1. The number of anilines is 1. The quantitative estimate of drug-likeness (QED) is 0.564. The summed E-state index contributed by atoms with van der Waals surface area (Å²) in [4.78, 5) is 16.4. The number of hydrogen-bond acceptors (Lipinski definition) is 5. The number of carbonyl (C=O) groups is 1. The molecule has 1 atom stereocenters. The van der Waals surface area contributed by atoms with Crippen LogP contribution in [-0.2, 0) is 4.74 Å². The molecular weight excluding hydrogens is 256 g/mol. The van der Waals surface area contributed by atoms with Crippen LogP contribution in [0.2, 0.25) is 0 Å². The molecule has 20 heavy (non-hydrogen) atoms. The van der Waals surface area contributed by atoms with Crippen LogP contribution < -0.4 is 16.6 Å². The summed E-state index contributed by atoms with van der Waals surface area (Å²) in [5.74, 6) is 5.79. The molecule has 106 valence electrons. The number of pyridine rings is 1. The van der Waals surface area contributed by atoms with Crippen molar-refractivity contribution in [2.75, 3.05) is 19.1 Å². The van der Waals surface area contributed by atoms with E-state index >= 15 is 0 Å². The number of nitrogens with one attached hydrogen (secondary N) is 2. The van der Waals surface area contributed by atoms with E-state index in [-0.39, 0.29) is 12.0 Å². The average molecular weight is 274 g/mol. The molecule has 0 saturated carbocycles. The van der Waals surface area contributed by atoms with E-state index in [9.17, 15) is 4.79 Å². The molecule has 1 unspecified atom stereocenters. The van der Waals surface area contributed by atoms with Crippen molar-refractivity contribution in [1.29, 1.82) is 0 Å². The Morgan fingerprint density at radius 3 is 2.75 bits per heavy atom. The van der Waals surface area contributed by atoms with Gasteiger partial charge in [-0.15, -0.1) is 0 Å². The van der Waals surface area contributed by atoms with E-state index in [2.05, 4.69) is 15.7 Å². The molecule has 6 nitrogen and oxygen atoms in total. The Bertz CT molecular complexity index is 615. The van der Waals surface area contributed by atoms with Gasteiger partial charge < -0.3 is 15.5 Å². The predicted octanol–water partition coefficient (Wildman–Crippen LogP) is 1.29. The first kappa shape index (κ1) is 14.2. The summed E-state index contributed by atoms with van der Waals surface area (Å²) in [7, 11) is 1.61. The molecule has 1 heterocycles. The molecule has 0 radical (unpaired) electrons. The summed E-state index contributed by atoms with van der Waals surface area (Å²) < 4.78 is 5.10. The first-order valence-electron chi connectivity index (χ1n) is 6.32. The lowest BCUT2D eigenvalue weighted by atomic mass is 10.1. The van der Waals surface area contributed by atoms with Crippen molar-refractivity contribution < 1.29 is 9.53 Å². The molecule has 2 rings (SSSR count). The zero-order valence-electron chi connectivity index (χ0n) is 11.5. The van der Waals surface area contributed by atoms with Gasteiger partial charge >= 0.3 is 0 Å². The highest BCUT2D eigenvalue weighted by atomic mass is 16.5. The molecule has 2 aromatic rings.